The summed E-state index contributed by atoms with van der Waals surface area (Å²) in [4.78, 5) is 2.46. The first-order valence-electron chi connectivity index (χ1n) is 6.83. The zero-order valence-electron chi connectivity index (χ0n) is 11.7. The Labute approximate surface area is 119 Å². The van der Waals surface area contributed by atoms with Gasteiger partial charge in [-0.1, -0.05) is 6.07 Å². The molecule has 2 rings (SSSR count). The second-order valence-electron chi connectivity index (χ2n) is 5.09. The Morgan fingerprint density at radius 3 is 2.74 bits per heavy atom. The van der Waals surface area contributed by atoms with Crippen LogP contribution in [0.15, 0.2) is 18.2 Å². The molecule has 19 heavy (non-hydrogen) atoms. The third kappa shape index (κ3) is 4.39. The molecule has 4 heteroatoms. The Bertz CT molecular complexity index is 405. The lowest BCUT2D eigenvalue weighted by molar-refractivity contribution is 0.101. The lowest BCUT2D eigenvalue weighted by Gasteiger charge is -2.32. The summed E-state index contributed by atoms with van der Waals surface area (Å²) >= 11 is 1.88. The molecule has 0 amide bonds. The molecule has 0 atom stereocenters. The molecule has 0 spiro atoms. The predicted octanol–water partition coefficient (Wildman–Crippen LogP) is 3.34. The van der Waals surface area contributed by atoms with Crippen LogP contribution < -0.4 is 4.74 Å². The Kier molecular flexibility index (Phi) is 5.52. The van der Waals surface area contributed by atoms with Crippen LogP contribution in [0.4, 0.5) is 4.39 Å². The molecular formula is C15H22FNOS. The first kappa shape index (κ1) is 14.7. The van der Waals surface area contributed by atoms with E-state index in [0.29, 0.717) is 5.75 Å². The first-order valence-corrected chi connectivity index (χ1v) is 8.22. The van der Waals surface area contributed by atoms with Gasteiger partial charge in [-0.2, -0.15) is 11.8 Å². The monoisotopic (exact) mass is 283 g/mol. The number of hydrogen-bond donors (Lipinski definition) is 0. The Morgan fingerprint density at radius 2 is 2.11 bits per heavy atom. The minimum Gasteiger partial charge on any atom is -0.487 e. The lowest BCUT2D eigenvalue weighted by atomic mass is 10.1. The van der Waals surface area contributed by atoms with Crippen molar-refractivity contribution in [3.05, 3.63) is 29.6 Å². The number of likely N-dealkylation sites (tertiary alicyclic amines) is 1. The third-order valence-corrected chi connectivity index (χ3v) is 4.12. The number of thioether (sulfide) groups is 1. The van der Waals surface area contributed by atoms with E-state index in [1.807, 2.05) is 24.8 Å². The van der Waals surface area contributed by atoms with E-state index in [4.69, 9.17) is 4.74 Å². The van der Waals surface area contributed by atoms with Gasteiger partial charge in [0.25, 0.3) is 0 Å². The molecule has 1 aromatic rings. The van der Waals surface area contributed by atoms with Crippen LogP contribution in [0, 0.1) is 12.7 Å². The molecule has 1 aliphatic heterocycles. The minimum absolute atomic E-state index is 0.155. The molecule has 1 fully saturated rings. The molecule has 0 aliphatic carbocycles. The van der Waals surface area contributed by atoms with Crippen molar-refractivity contribution in [3.8, 4) is 5.75 Å². The number of benzene rings is 1. The Hall–Kier alpha value is -0.740. The van der Waals surface area contributed by atoms with Crippen molar-refractivity contribution in [3.63, 3.8) is 0 Å². The summed E-state index contributed by atoms with van der Waals surface area (Å²) in [6, 6.07) is 5.17. The Morgan fingerprint density at radius 1 is 1.37 bits per heavy atom. The topological polar surface area (TPSA) is 12.5 Å². The highest BCUT2D eigenvalue weighted by Gasteiger charge is 2.21. The largest absolute Gasteiger partial charge is 0.487 e. The fraction of sp³-hybridized carbons (Fsp3) is 0.600. The summed E-state index contributed by atoms with van der Waals surface area (Å²) in [5.41, 5.74) is 0.928. The van der Waals surface area contributed by atoms with Crippen molar-refractivity contribution in [2.45, 2.75) is 25.9 Å². The highest BCUT2D eigenvalue weighted by atomic mass is 32.2. The van der Waals surface area contributed by atoms with Crippen LogP contribution in [0.25, 0.3) is 0 Å². The average Bonchev–Trinajstić information content (AvgIpc) is 2.41. The normalized spacial score (nSPS) is 17.6. The zero-order valence-corrected chi connectivity index (χ0v) is 12.5. The maximum Gasteiger partial charge on any atom is 0.165 e. The maximum absolute atomic E-state index is 13.7. The van der Waals surface area contributed by atoms with Gasteiger partial charge in [0.05, 0.1) is 0 Å². The number of hydrogen-bond acceptors (Lipinski definition) is 3. The van der Waals surface area contributed by atoms with Gasteiger partial charge in [-0.05, 0) is 43.7 Å². The van der Waals surface area contributed by atoms with Crippen LogP contribution in [-0.2, 0) is 0 Å². The van der Waals surface area contributed by atoms with Gasteiger partial charge < -0.3 is 9.64 Å². The van der Waals surface area contributed by atoms with E-state index in [1.54, 1.807) is 6.07 Å². The lowest BCUT2D eigenvalue weighted by Crippen LogP contribution is -2.39. The quantitative estimate of drug-likeness (QED) is 0.822. The van der Waals surface area contributed by atoms with Gasteiger partial charge in [-0.15, -0.1) is 0 Å². The summed E-state index contributed by atoms with van der Waals surface area (Å²) < 4.78 is 19.5. The van der Waals surface area contributed by atoms with Gasteiger partial charge in [0.15, 0.2) is 11.6 Å². The molecular weight excluding hydrogens is 261 g/mol. The van der Waals surface area contributed by atoms with E-state index >= 15 is 0 Å². The summed E-state index contributed by atoms with van der Waals surface area (Å²) in [7, 11) is 0. The smallest absolute Gasteiger partial charge is 0.165 e. The number of piperidine rings is 1. The molecule has 0 bridgehead atoms. The van der Waals surface area contributed by atoms with Gasteiger partial charge in [0.1, 0.15) is 6.10 Å². The van der Waals surface area contributed by atoms with E-state index in [9.17, 15) is 4.39 Å². The molecule has 1 aliphatic rings. The molecule has 0 N–H and O–H groups in total. The summed E-state index contributed by atoms with van der Waals surface area (Å²) in [5.74, 6) is 1.33. The predicted molar refractivity (Wildman–Crippen MR) is 79.6 cm³/mol. The van der Waals surface area contributed by atoms with E-state index in [1.165, 1.54) is 11.8 Å². The van der Waals surface area contributed by atoms with Crippen LogP contribution in [-0.4, -0.2) is 42.6 Å². The molecule has 1 aromatic carbocycles. The van der Waals surface area contributed by atoms with Crippen molar-refractivity contribution in [1.82, 2.24) is 4.90 Å². The van der Waals surface area contributed by atoms with Crippen LogP contribution in [0.5, 0.6) is 5.75 Å². The van der Waals surface area contributed by atoms with Gasteiger partial charge in [0.2, 0.25) is 0 Å². The molecule has 0 aromatic heterocycles. The fourth-order valence-electron chi connectivity index (χ4n) is 2.35. The van der Waals surface area contributed by atoms with Gasteiger partial charge >= 0.3 is 0 Å². The zero-order chi connectivity index (χ0) is 13.7. The molecule has 1 saturated heterocycles. The van der Waals surface area contributed by atoms with Crippen molar-refractivity contribution in [2.24, 2.45) is 0 Å². The SMILES string of the molecule is CSCCN1CCC(Oc2ccc(C)cc2F)CC1. The van der Waals surface area contributed by atoms with Gasteiger partial charge in [-0.3, -0.25) is 0 Å². The highest BCUT2D eigenvalue weighted by Crippen LogP contribution is 2.23. The summed E-state index contributed by atoms with van der Waals surface area (Å²) in [5, 5.41) is 0. The molecule has 0 radical (unpaired) electrons. The fourth-order valence-corrected chi connectivity index (χ4v) is 2.79. The first-order chi connectivity index (χ1) is 9.19. The molecule has 2 nitrogen and oxygen atoms in total. The van der Waals surface area contributed by atoms with E-state index in [-0.39, 0.29) is 11.9 Å². The maximum atomic E-state index is 13.7. The van der Waals surface area contributed by atoms with Crippen LogP contribution in [0.2, 0.25) is 0 Å². The van der Waals surface area contributed by atoms with E-state index < -0.39 is 0 Å². The van der Waals surface area contributed by atoms with E-state index in [2.05, 4.69) is 11.2 Å². The minimum atomic E-state index is -0.246. The molecule has 106 valence electrons. The number of nitrogens with zero attached hydrogens (tertiary/aromatic N) is 1. The van der Waals surface area contributed by atoms with Crippen LogP contribution >= 0.6 is 11.8 Å². The highest BCUT2D eigenvalue weighted by molar-refractivity contribution is 7.98. The number of ether oxygens (including phenoxy) is 1. The van der Waals surface area contributed by atoms with Gasteiger partial charge in [-0.25, -0.2) is 4.39 Å². The molecule has 0 saturated carbocycles. The van der Waals surface area contributed by atoms with Crippen molar-refractivity contribution >= 4 is 11.8 Å². The summed E-state index contributed by atoms with van der Waals surface area (Å²) in [6.07, 6.45) is 4.27. The second-order valence-corrected chi connectivity index (χ2v) is 6.07. The number of halogens is 1. The number of rotatable bonds is 5. The standard InChI is InChI=1S/C15H22FNOS/c1-12-3-4-15(14(16)11-12)18-13-5-7-17(8-6-13)9-10-19-2/h3-4,11,13H,5-10H2,1-2H3. The van der Waals surface area contributed by atoms with Crippen LogP contribution in [0.1, 0.15) is 18.4 Å². The third-order valence-electron chi connectivity index (χ3n) is 3.53. The number of aryl methyl sites for hydroxylation is 1. The van der Waals surface area contributed by atoms with Crippen LogP contribution in [0.3, 0.4) is 0 Å². The average molecular weight is 283 g/mol. The van der Waals surface area contributed by atoms with E-state index in [0.717, 1.165) is 38.0 Å². The molecule has 1 heterocycles. The Balaban J connectivity index is 1.82. The van der Waals surface area contributed by atoms with Gasteiger partial charge in [0, 0.05) is 25.4 Å². The van der Waals surface area contributed by atoms with Crippen molar-refractivity contribution < 1.29 is 9.13 Å². The molecule has 0 unspecified atom stereocenters. The second kappa shape index (κ2) is 7.15. The van der Waals surface area contributed by atoms with Crippen molar-refractivity contribution in [1.29, 1.82) is 0 Å². The summed E-state index contributed by atoms with van der Waals surface area (Å²) in [6.45, 7) is 5.14. The van der Waals surface area contributed by atoms with Crippen molar-refractivity contribution in [2.75, 3.05) is 31.6 Å².